The number of aromatic nitrogens is 1. The topological polar surface area (TPSA) is 71.1 Å². The van der Waals surface area contributed by atoms with Gasteiger partial charge in [0, 0.05) is 25.0 Å². The summed E-state index contributed by atoms with van der Waals surface area (Å²) in [4.78, 5) is 27.7. The van der Waals surface area contributed by atoms with Gasteiger partial charge in [0.05, 0.1) is 11.1 Å². The zero-order valence-corrected chi connectivity index (χ0v) is 12.4. The van der Waals surface area contributed by atoms with Crippen LogP contribution >= 0.6 is 0 Å². The van der Waals surface area contributed by atoms with E-state index in [1.807, 2.05) is 13.8 Å². The summed E-state index contributed by atoms with van der Waals surface area (Å²) in [5.74, 6) is -0.402. The molecule has 0 unspecified atom stereocenters. The number of pyridine rings is 1. The Hall–Kier alpha value is -1.91. The van der Waals surface area contributed by atoms with Gasteiger partial charge in [-0.05, 0) is 26.3 Å². The van der Waals surface area contributed by atoms with Gasteiger partial charge in [0.1, 0.15) is 0 Å². The molecule has 110 valence electrons. The van der Waals surface area contributed by atoms with Crippen LogP contribution < -0.4 is 10.6 Å². The molecule has 0 spiro atoms. The first kappa shape index (κ1) is 16.1. The minimum absolute atomic E-state index is 0.0500. The fraction of sp³-hybridized carbons (Fsp3) is 0.533. The number of rotatable bonds is 7. The van der Waals surface area contributed by atoms with Crippen molar-refractivity contribution in [2.24, 2.45) is 0 Å². The molecular formula is C15H23N3O2. The Morgan fingerprint density at radius 1 is 1.15 bits per heavy atom. The van der Waals surface area contributed by atoms with Gasteiger partial charge in [-0.3, -0.25) is 14.6 Å². The summed E-state index contributed by atoms with van der Waals surface area (Å²) >= 11 is 0. The average molecular weight is 277 g/mol. The van der Waals surface area contributed by atoms with Crippen molar-refractivity contribution >= 4 is 11.8 Å². The maximum Gasteiger partial charge on any atom is 0.253 e. The summed E-state index contributed by atoms with van der Waals surface area (Å²) in [5.41, 5.74) is 0.817. The molecule has 20 heavy (non-hydrogen) atoms. The lowest BCUT2D eigenvalue weighted by atomic mass is 10.1. The predicted octanol–water partition coefficient (Wildman–Crippen LogP) is 2.14. The van der Waals surface area contributed by atoms with Crippen LogP contribution in [0.3, 0.4) is 0 Å². The van der Waals surface area contributed by atoms with E-state index < -0.39 is 0 Å². The lowest BCUT2D eigenvalue weighted by Gasteiger charge is -2.09. The molecule has 1 rings (SSSR count). The maximum absolute atomic E-state index is 11.9. The standard InChI is InChI=1S/C15H23N3O2/c1-4-5-6-7-17-14(19)12-8-13(10-16-9-12)15(20)18-11(2)3/h8-11H,4-7H2,1-3H3,(H,17,19)(H,18,20). The van der Waals surface area contributed by atoms with E-state index in [9.17, 15) is 9.59 Å². The second-order valence-electron chi connectivity index (χ2n) is 5.05. The first-order valence-corrected chi connectivity index (χ1v) is 7.08. The smallest absolute Gasteiger partial charge is 0.253 e. The first-order valence-electron chi connectivity index (χ1n) is 7.08. The third kappa shape index (κ3) is 5.38. The van der Waals surface area contributed by atoms with Crippen LogP contribution in [0.1, 0.15) is 60.7 Å². The molecule has 5 heteroatoms. The predicted molar refractivity (Wildman–Crippen MR) is 78.7 cm³/mol. The number of hydrogen-bond acceptors (Lipinski definition) is 3. The molecule has 0 aromatic carbocycles. The highest BCUT2D eigenvalue weighted by molar-refractivity contribution is 5.99. The van der Waals surface area contributed by atoms with Crippen molar-refractivity contribution < 1.29 is 9.59 Å². The van der Waals surface area contributed by atoms with Crippen LogP contribution in [0.5, 0.6) is 0 Å². The zero-order valence-electron chi connectivity index (χ0n) is 12.4. The Labute approximate surface area is 120 Å². The van der Waals surface area contributed by atoms with Gasteiger partial charge in [-0.25, -0.2) is 0 Å². The second-order valence-corrected chi connectivity index (χ2v) is 5.05. The van der Waals surface area contributed by atoms with E-state index in [2.05, 4.69) is 22.5 Å². The van der Waals surface area contributed by atoms with Gasteiger partial charge in [0.2, 0.25) is 0 Å². The van der Waals surface area contributed by atoms with Crippen LogP contribution in [0, 0.1) is 0 Å². The minimum atomic E-state index is -0.215. The molecule has 0 aliphatic carbocycles. The van der Waals surface area contributed by atoms with Crippen LogP contribution in [0.2, 0.25) is 0 Å². The summed E-state index contributed by atoms with van der Waals surface area (Å²) in [5, 5.41) is 5.60. The summed E-state index contributed by atoms with van der Waals surface area (Å²) in [6.07, 6.45) is 6.10. The van der Waals surface area contributed by atoms with Crippen molar-refractivity contribution in [2.75, 3.05) is 6.54 Å². The Balaban J connectivity index is 2.62. The Morgan fingerprint density at radius 2 is 1.80 bits per heavy atom. The van der Waals surface area contributed by atoms with E-state index in [1.54, 1.807) is 6.07 Å². The third-order valence-corrected chi connectivity index (χ3v) is 2.75. The van der Waals surface area contributed by atoms with Crippen LogP contribution in [0.15, 0.2) is 18.5 Å². The number of unbranched alkanes of at least 4 members (excludes halogenated alkanes) is 2. The maximum atomic E-state index is 11.9. The van der Waals surface area contributed by atoms with Gasteiger partial charge in [-0.15, -0.1) is 0 Å². The summed E-state index contributed by atoms with van der Waals surface area (Å²) < 4.78 is 0. The van der Waals surface area contributed by atoms with Gasteiger partial charge >= 0.3 is 0 Å². The molecule has 1 heterocycles. The van der Waals surface area contributed by atoms with Crippen molar-refractivity contribution in [1.29, 1.82) is 0 Å². The fourth-order valence-electron chi connectivity index (χ4n) is 1.71. The largest absolute Gasteiger partial charge is 0.352 e. The molecule has 0 aliphatic rings. The number of carbonyl (C=O) groups excluding carboxylic acids is 2. The Morgan fingerprint density at radius 3 is 2.40 bits per heavy atom. The molecule has 2 amide bonds. The monoisotopic (exact) mass is 277 g/mol. The fourth-order valence-corrected chi connectivity index (χ4v) is 1.71. The Bertz CT molecular complexity index is 458. The molecule has 0 saturated carbocycles. The van der Waals surface area contributed by atoms with E-state index in [0.29, 0.717) is 17.7 Å². The summed E-state index contributed by atoms with van der Waals surface area (Å²) in [6.45, 7) is 6.53. The van der Waals surface area contributed by atoms with Crippen molar-refractivity contribution in [1.82, 2.24) is 15.6 Å². The molecule has 1 aromatic heterocycles. The lowest BCUT2D eigenvalue weighted by molar-refractivity contribution is 0.0942. The van der Waals surface area contributed by atoms with Crippen LogP contribution in [-0.4, -0.2) is 29.4 Å². The van der Waals surface area contributed by atoms with Crippen molar-refractivity contribution in [3.63, 3.8) is 0 Å². The highest BCUT2D eigenvalue weighted by atomic mass is 16.2. The van der Waals surface area contributed by atoms with Gasteiger partial charge in [0.25, 0.3) is 11.8 Å². The van der Waals surface area contributed by atoms with E-state index in [-0.39, 0.29) is 17.9 Å². The van der Waals surface area contributed by atoms with E-state index in [0.717, 1.165) is 19.3 Å². The van der Waals surface area contributed by atoms with Crippen molar-refractivity contribution in [3.8, 4) is 0 Å². The molecule has 2 N–H and O–H groups in total. The Kier molecular flexibility index (Phi) is 6.70. The average Bonchev–Trinajstić information content (AvgIpc) is 2.43. The number of nitrogens with zero attached hydrogens (tertiary/aromatic N) is 1. The van der Waals surface area contributed by atoms with Gasteiger partial charge in [-0.2, -0.15) is 0 Å². The molecule has 0 bridgehead atoms. The SMILES string of the molecule is CCCCCNC(=O)c1cncc(C(=O)NC(C)C)c1. The molecule has 0 fully saturated rings. The van der Waals surface area contributed by atoms with E-state index in [4.69, 9.17) is 0 Å². The van der Waals surface area contributed by atoms with Crippen LogP contribution in [0.4, 0.5) is 0 Å². The molecule has 5 nitrogen and oxygen atoms in total. The van der Waals surface area contributed by atoms with Crippen LogP contribution in [0.25, 0.3) is 0 Å². The van der Waals surface area contributed by atoms with Crippen molar-refractivity contribution in [2.45, 2.75) is 46.1 Å². The quantitative estimate of drug-likeness (QED) is 0.750. The van der Waals surface area contributed by atoms with E-state index >= 15 is 0 Å². The molecule has 1 aromatic rings. The lowest BCUT2D eigenvalue weighted by Crippen LogP contribution is -2.30. The van der Waals surface area contributed by atoms with Crippen molar-refractivity contribution in [3.05, 3.63) is 29.6 Å². The number of amides is 2. The zero-order chi connectivity index (χ0) is 15.0. The summed E-state index contributed by atoms with van der Waals surface area (Å²) in [6, 6.07) is 1.62. The van der Waals surface area contributed by atoms with Gasteiger partial charge < -0.3 is 10.6 Å². The van der Waals surface area contributed by atoms with Crippen LogP contribution in [-0.2, 0) is 0 Å². The first-order chi connectivity index (χ1) is 9.54. The second kappa shape index (κ2) is 8.30. The normalized spacial score (nSPS) is 10.4. The highest BCUT2D eigenvalue weighted by Gasteiger charge is 2.11. The molecule has 0 atom stereocenters. The number of carbonyl (C=O) groups is 2. The van der Waals surface area contributed by atoms with Gasteiger partial charge in [-0.1, -0.05) is 19.8 Å². The number of hydrogen-bond donors (Lipinski definition) is 2. The molecule has 0 saturated heterocycles. The van der Waals surface area contributed by atoms with Gasteiger partial charge in [0.15, 0.2) is 0 Å². The number of nitrogens with one attached hydrogen (secondary N) is 2. The summed E-state index contributed by atoms with van der Waals surface area (Å²) in [7, 11) is 0. The van der Waals surface area contributed by atoms with E-state index in [1.165, 1.54) is 12.4 Å². The minimum Gasteiger partial charge on any atom is -0.352 e. The highest BCUT2D eigenvalue weighted by Crippen LogP contribution is 2.04. The molecular weight excluding hydrogens is 254 g/mol. The molecule has 0 radical (unpaired) electrons. The third-order valence-electron chi connectivity index (χ3n) is 2.75. The molecule has 0 aliphatic heterocycles.